The van der Waals surface area contributed by atoms with Crippen LogP contribution < -0.4 is 4.90 Å². The van der Waals surface area contributed by atoms with Crippen LogP contribution in [0.1, 0.15) is 28.9 Å². The number of amides is 1. The van der Waals surface area contributed by atoms with Gasteiger partial charge < -0.3 is 14.8 Å². The quantitative estimate of drug-likeness (QED) is 0.903. The summed E-state index contributed by atoms with van der Waals surface area (Å²) in [7, 11) is 0. The second-order valence-corrected chi connectivity index (χ2v) is 7.64. The number of likely N-dealkylation sites (tertiary alicyclic amines) is 1. The van der Waals surface area contributed by atoms with Crippen LogP contribution in [0.2, 0.25) is 0 Å². The third kappa shape index (κ3) is 4.00. The predicted octanol–water partition coefficient (Wildman–Crippen LogP) is 2.89. The summed E-state index contributed by atoms with van der Waals surface area (Å²) in [5, 5.41) is 0. The zero-order chi connectivity index (χ0) is 18.8. The van der Waals surface area contributed by atoms with Crippen LogP contribution in [0, 0.1) is 12.7 Å². The summed E-state index contributed by atoms with van der Waals surface area (Å²) >= 11 is 0. The summed E-state index contributed by atoms with van der Waals surface area (Å²) in [6.45, 7) is 7.46. The van der Waals surface area contributed by atoms with Gasteiger partial charge in [-0.05, 0) is 55.7 Å². The summed E-state index contributed by atoms with van der Waals surface area (Å²) in [6.07, 6.45) is 4.07. The third-order valence-corrected chi connectivity index (χ3v) is 5.76. The van der Waals surface area contributed by atoms with E-state index in [0.717, 1.165) is 63.4 Å². The molecule has 5 nitrogen and oxygen atoms in total. The molecule has 0 spiro atoms. The molecule has 2 aromatic rings. The van der Waals surface area contributed by atoms with Gasteiger partial charge in [0.25, 0.3) is 5.91 Å². The van der Waals surface area contributed by atoms with Crippen LogP contribution in [0.25, 0.3) is 0 Å². The number of piperidine rings is 1. The van der Waals surface area contributed by atoms with Gasteiger partial charge in [-0.3, -0.25) is 9.69 Å². The number of carbonyl (C=O) groups is 1. The fraction of sp³-hybridized carbons (Fsp3) is 0.476. The van der Waals surface area contributed by atoms with Crippen LogP contribution in [-0.2, 0) is 0 Å². The largest absolute Gasteiger partial charge is 0.369 e. The first-order valence-corrected chi connectivity index (χ1v) is 9.79. The maximum absolute atomic E-state index is 13.1. The first-order valence-electron chi connectivity index (χ1n) is 9.79. The predicted molar refractivity (Wildman–Crippen MR) is 105 cm³/mol. The van der Waals surface area contributed by atoms with E-state index in [1.54, 1.807) is 0 Å². The number of anilines is 1. The SMILES string of the molecule is Cc1c[nH]c(C(=O)N2CCC[C@@H](N3CCN(c4ccc(F)cc4)CC3)C2)c1. The lowest BCUT2D eigenvalue weighted by atomic mass is 10.0. The lowest BCUT2D eigenvalue weighted by molar-refractivity contribution is 0.0559. The summed E-state index contributed by atoms with van der Waals surface area (Å²) < 4.78 is 13.1. The van der Waals surface area contributed by atoms with E-state index >= 15 is 0 Å². The summed E-state index contributed by atoms with van der Waals surface area (Å²) in [4.78, 5) is 22.6. The van der Waals surface area contributed by atoms with Crippen molar-refractivity contribution in [3.8, 4) is 0 Å². The van der Waals surface area contributed by atoms with Gasteiger partial charge in [0.15, 0.2) is 0 Å². The number of aromatic amines is 1. The van der Waals surface area contributed by atoms with Crippen molar-refractivity contribution in [1.82, 2.24) is 14.8 Å². The van der Waals surface area contributed by atoms with E-state index < -0.39 is 0 Å². The molecule has 2 aliphatic rings. The van der Waals surface area contributed by atoms with Crippen LogP contribution in [-0.4, -0.2) is 66.0 Å². The Morgan fingerprint density at radius 3 is 2.52 bits per heavy atom. The van der Waals surface area contributed by atoms with Crippen LogP contribution >= 0.6 is 0 Å². The topological polar surface area (TPSA) is 42.6 Å². The average Bonchev–Trinajstić information content (AvgIpc) is 3.14. The molecular weight excluding hydrogens is 343 g/mol. The monoisotopic (exact) mass is 370 g/mol. The Balaban J connectivity index is 1.34. The molecule has 2 aliphatic heterocycles. The first kappa shape index (κ1) is 18.0. The number of halogens is 1. The number of H-pyrrole nitrogens is 1. The Bertz CT molecular complexity index is 780. The molecule has 3 heterocycles. The first-order chi connectivity index (χ1) is 13.1. The third-order valence-electron chi connectivity index (χ3n) is 5.76. The number of rotatable bonds is 3. The van der Waals surface area contributed by atoms with Gasteiger partial charge in [-0.2, -0.15) is 0 Å². The van der Waals surface area contributed by atoms with Crippen molar-refractivity contribution in [2.24, 2.45) is 0 Å². The molecule has 144 valence electrons. The maximum Gasteiger partial charge on any atom is 0.270 e. The van der Waals surface area contributed by atoms with E-state index in [0.29, 0.717) is 11.7 Å². The minimum atomic E-state index is -0.193. The summed E-state index contributed by atoms with van der Waals surface area (Å²) in [6, 6.07) is 9.10. The number of hydrogen-bond acceptors (Lipinski definition) is 3. The molecule has 6 heteroatoms. The van der Waals surface area contributed by atoms with Crippen molar-refractivity contribution in [2.75, 3.05) is 44.2 Å². The Labute approximate surface area is 159 Å². The van der Waals surface area contributed by atoms with Gasteiger partial charge in [-0.25, -0.2) is 4.39 Å². The minimum Gasteiger partial charge on any atom is -0.369 e. The number of aromatic nitrogens is 1. The smallest absolute Gasteiger partial charge is 0.270 e. The Morgan fingerprint density at radius 1 is 1.11 bits per heavy atom. The van der Waals surface area contributed by atoms with Crippen molar-refractivity contribution in [2.45, 2.75) is 25.8 Å². The van der Waals surface area contributed by atoms with Crippen molar-refractivity contribution in [1.29, 1.82) is 0 Å². The molecule has 1 N–H and O–H groups in total. The fourth-order valence-electron chi connectivity index (χ4n) is 4.23. The number of benzene rings is 1. The van der Waals surface area contributed by atoms with Crippen LogP contribution in [0.5, 0.6) is 0 Å². The number of hydrogen-bond donors (Lipinski definition) is 1. The average molecular weight is 370 g/mol. The van der Waals surface area contributed by atoms with E-state index in [-0.39, 0.29) is 11.7 Å². The van der Waals surface area contributed by atoms with Crippen molar-refractivity contribution >= 4 is 11.6 Å². The van der Waals surface area contributed by atoms with Gasteiger partial charge in [-0.15, -0.1) is 0 Å². The lowest BCUT2D eigenvalue weighted by Crippen LogP contribution is -2.55. The van der Waals surface area contributed by atoms with Crippen LogP contribution in [0.15, 0.2) is 36.5 Å². The molecule has 2 fully saturated rings. The van der Waals surface area contributed by atoms with E-state index in [9.17, 15) is 9.18 Å². The van der Waals surface area contributed by atoms with Crippen LogP contribution in [0.3, 0.4) is 0 Å². The van der Waals surface area contributed by atoms with Crippen molar-refractivity contribution in [3.63, 3.8) is 0 Å². The van der Waals surface area contributed by atoms with Gasteiger partial charge in [0.1, 0.15) is 11.5 Å². The van der Waals surface area contributed by atoms with Crippen molar-refractivity contribution in [3.05, 3.63) is 53.6 Å². The highest BCUT2D eigenvalue weighted by Gasteiger charge is 2.30. The highest BCUT2D eigenvalue weighted by molar-refractivity contribution is 5.92. The molecule has 0 unspecified atom stereocenters. The molecule has 1 amide bonds. The maximum atomic E-state index is 13.1. The Hall–Kier alpha value is -2.34. The minimum absolute atomic E-state index is 0.109. The molecule has 1 aromatic heterocycles. The molecular formula is C21H27FN4O. The van der Waals surface area contributed by atoms with Crippen LogP contribution in [0.4, 0.5) is 10.1 Å². The number of carbonyl (C=O) groups excluding carboxylic acids is 1. The number of piperazine rings is 1. The molecule has 27 heavy (non-hydrogen) atoms. The molecule has 4 rings (SSSR count). The van der Waals surface area contributed by atoms with Gasteiger partial charge in [0.05, 0.1) is 0 Å². The molecule has 1 aromatic carbocycles. The molecule has 0 bridgehead atoms. The fourth-order valence-corrected chi connectivity index (χ4v) is 4.23. The van der Waals surface area contributed by atoms with Gasteiger partial charge in [0.2, 0.25) is 0 Å². The van der Waals surface area contributed by atoms with E-state index in [4.69, 9.17) is 0 Å². The molecule has 0 saturated carbocycles. The van der Waals surface area contributed by atoms with E-state index in [1.807, 2.05) is 36.2 Å². The van der Waals surface area contributed by atoms with Crippen molar-refractivity contribution < 1.29 is 9.18 Å². The molecule has 2 saturated heterocycles. The van der Waals surface area contributed by atoms with Gasteiger partial charge >= 0.3 is 0 Å². The summed E-state index contributed by atoms with van der Waals surface area (Å²) in [5.74, 6) is -0.0839. The lowest BCUT2D eigenvalue weighted by Gasteiger charge is -2.43. The molecule has 1 atom stereocenters. The Morgan fingerprint density at radius 2 is 1.85 bits per heavy atom. The highest BCUT2D eigenvalue weighted by atomic mass is 19.1. The second-order valence-electron chi connectivity index (χ2n) is 7.64. The Kier molecular flexibility index (Phi) is 5.16. The zero-order valence-electron chi connectivity index (χ0n) is 15.8. The number of nitrogens with zero attached hydrogens (tertiary/aromatic N) is 3. The number of aryl methyl sites for hydroxylation is 1. The standard InChI is InChI=1S/C21H27FN4O/c1-16-13-20(23-14-16)21(27)26-8-2-3-19(15-26)25-11-9-24(10-12-25)18-6-4-17(22)5-7-18/h4-7,13-14,19,23H,2-3,8-12,15H2,1H3/t19-/m1/s1. The van der Waals surface area contributed by atoms with E-state index in [1.165, 1.54) is 12.1 Å². The second kappa shape index (κ2) is 7.72. The zero-order valence-corrected chi connectivity index (χ0v) is 15.8. The summed E-state index contributed by atoms with van der Waals surface area (Å²) in [5.41, 5.74) is 2.86. The molecule has 0 aliphatic carbocycles. The molecule has 0 radical (unpaired) electrons. The number of nitrogens with one attached hydrogen (secondary N) is 1. The normalized spacial score (nSPS) is 21.5. The highest BCUT2D eigenvalue weighted by Crippen LogP contribution is 2.22. The van der Waals surface area contributed by atoms with Gasteiger partial charge in [-0.1, -0.05) is 0 Å². The van der Waals surface area contributed by atoms with Gasteiger partial charge in [0, 0.05) is 57.2 Å². The van der Waals surface area contributed by atoms with E-state index in [2.05, 4.69) is 14.8 Å².